The topological polar surface area (TPSA) is 35.5 Å². The van der Waals surface area contributed by atoms with Crippen molar-refractivity contribution in [1.82, 2.24) is 0 Å². The number of methoxy groups -OCH3 is 1. The second-order valence-corrected chi connectivity index (χ2v) is 4.40. The highest BCUT2D eigenvalue weighted by molar-refractivity contribution is 5.73. The lowest BCUT2D eigenvalue weighted by Gasteiger charge is -2.24. The Morgan fingerprint density at radius 2 is 2.22 bits per heavy atom. The molecule has 98 valence electrons. The SMILES string of the molecule is CCOC(=O)C1CCc2c(OC)ccc(F)c2C1. The minimum atomic E-state index is -0.264. The van der Waals surface area contributed by atoms with Crippen LogP contribution in [0, 0.1) is 11.7 Å². The molecule has 0 fully saturated rings. The first-order valence-electron chi connectivity index (χ1n) is 6.18. The van der Waals surface area contributed by atoms with Crippen LogP contribution < -0.4 is 4.74 Å². The van der Waals surface area contributed by atoms with Crippen molar-refractivity contribution in [3.05, 3.63) is 29.1 Å². The highest BCUT2D eigenvalue weighted by Crippen LogP contribution is 2.34. The summed E-state index contributed by atoms with van der Waals surface area (Å²) in [6.07, 6.45) is 1.74. The Bertz CT molecular complexity index is 457. The van der Waals surface area contributed by atoms with E-state index in [0.717, 1.165) is 5.56 Å². The molecule has 0 saturated heterocycles. The van der Waals surface area contributed by atoms with Gasteiger partial charge in [-0.25, -0.2) is 4.39 Å². The predicted molar refractivity (Wildman–Crippen MR) is 65.1 cm³/mol. The van der Waals surface area contributed by atoms with Gasteiger partial charge in [0, 0.05) is 5.56 Å². The highest BCUT2D eigenvalue weighted by atomic mass is 19.1. The summed E-state index contributed by atoms with van der Waals surface area (Å²) in [4.78, 5) is 11.7. The van der Waals surface area contributed by atoms with E-state index in [0.29, 0.717) is 37.2 Å². The molecule has 3 nitrogen and oxygen atoms in total. The van der Waals surface area contributed by atoms with Gasteiger partial charge in [-0.2, -0.15) is 0 Å². The molecule has 0 aromatic heterocycles. The average molecular weight is 252 g/mol. The molecule has 0 radical (unpaired) electrons. The molecule has 1 unspecified atom stereocenters. The standard InChI is InChI=1S/C14H17FO3/c1-3-18-14(16)9-4-5-10-11(8-9)12(15)6-7-13(10)17-2/h6-7,9H,3-5,8H2,1-2H3. The number of hydrogen-bond acceptors (Lipinski definition) is 3. The van der Waals surface area contributed by atoms with Gasteiger partial charge in [0.1, 0.15) is 11.6 Å². The molecule has 1 aliphatic carbocycles. The van der Waals surface area contributed by atoms with Crippen molar-refractivity contribution in [2.75, 3.05) is 13.7 Å². The smallest absolute Gasteiger partial charge is 0.309 e. The fraction of sp³-hybridized carbons (Fsp3) is 0.500. The number of carbonyl (C=O) groups excluding carboxylic acids is 1. The van der Waals surface area contributed by atoms with E-state index < -0.39 is 0 Å². The first-order valence-corrected chi connectivity index (χ1v) is 6.18. The second-order valence-electron chi connectivity index (χ2n) is 4.40. The molecule has 2 rings (SSSR count). The van der Waals surface area contributed by atoms with Crippen LogP contribution in [0.1, 0.15) is 24.5 Å². The molecule has 1 aromatic rings. The molecule has 0 spiro atoms. The van der Waals surface area contributed by atoms with Gasteiger partial charge < -0.3 is 9.47 Å². The summed E-state index contributed by atoms with van der Waals surface area (Å²) < 4.78 is 24.0. The van der Waals surface area contributed by atoms with Crippen molar-refractivity contribution < 1.29 is 18.7 Å². The predicted octanol–water partition coefficient (Wildman–Crippen LogP) is 2.50. The zero-order valence-electron chi connectivity index (χ0n) is 10.7. The summed E-state index contributed by atoms with van der Waals surface area (Å²) in [5.74, 6) is -0.0297. The van der Waals surface area contributed by atoms with Crippen molar-refractivity contribution in [2.45, 2.75) is 26.2 Å². The summed E-state index contributed by atoms with van der Waals surface area (Å²) in [6, 6.07) is 3.03. The third-order valence-electron chi connectivity index (χ3n) is 3.36. The van der Waals surface area contributed by atoms with Gasteiger partial charge in [-0.3, -0.25) is 4.79 Å². The average Bonchev–Trinajstić information content (AvgIpc) is 2.39. The molecule has 0 saturated carbocycles. The van der Waals surface area contributed by atoms with Crippen LogP contribution in [-0.4, -0.2) is 19.7 Å². The third kappa shape index (κ3) is 2.33. The van der Waals surface area contributed by atoms with Crippen LogP contribution in [-0.2, 0) is 22.4 Å². The Morgan fingerprint density at radius 3 is 2.89 bits per heavy atom. The zero-order chi connectivity index (χ0) is 13.1. The van der Waals surface area contributed by atoms with Gasteiger partial charge in [0.05, 0.1) is 19.6 Å². The molecule has 0 amide bonds. The summed E-state index contributed by atoms with van der Waals surface area (Å²) in [6.45, 7) is 2.14. The van der Waals surface area contributed by atoms with E-state index in [1.807, 2.05) is 0 Å². The van der Waals surface area contributed by atoms with E-state index in [-0.39, 0.29) is 17.7 Å². The second kappa shape index (κ2) is 5.38. The van der Waals surface area contributed by atoms with Crippen LogP contribution in [0.15, 0.2) is 12.1 Å². The maximum atomic E-state index is 13.8. The van der Waals surface area contributed by atoms with E-state index in [9.17, 15) is 9.18 Å². The molecule has 1 aromatic carbocycles. The van der Waals surface area contributed by atoms with Crippen LogP contribution in [0.25, 0.3) is 0 Å². The maximum Gasteiger partial charge on any atom is 0.309 e. The molecule has 0 bridgehead atoms. The number of fused-ring (bicyclic) bond motifs is 1. The highest BCUT2D eigenvalue weighted by Gasteiger charge is 2.29. The molecule has 0 N–H and O–H groups in total. The Hall–Kier alpha value is -1.58. The molecule has 1 aliphatic rings. The number of ether oxygens (including phenoxy) is 2. The normalized spacial score (nSPS) is 18.1. The van der Waals surface area contributed by atoms with Crippen molar-refractivity contribution in [3.8, 4) is 5.75 Å². The molecule has 0 heterocycles. The number of esters is 1. The fourth-order valence-corrected chi connectivity index (χ4v) is 2.46. The van der Waals surface area contributed by atoms with Gasteiger partial charge in [-0.1, -0.05) is 0 Å². The van der Waals surface area contributed by atoms with Crippen LogP contribution in [0.3, 0.4) is 0 Å². The quantitative estimate of drug-likeness (QED) is 0.775. The first-order chi connectivity index (χ1) is 8.67. The maximum absolute atomic E-state index is 13.8. The minimum Gasteiger partial charge on any atom is -0.496 e. The summed E-state index contributed by atoms with van der Waals surface area (Å²) >= 11 is 0. The number of hydrogen-bond donors (Lipinski definition) is 0. The molecule has 18 heavy (non-hydrogen) atoms. The number of carbonyl (C=O) groups is 1. The number of rotatable bonds is 3. The van der Waals surface area contributed by atoms with E-state index in [2.05, 4.69) is 0 Å². The number of halogens is 1. The number of benzene rings is 1. The van der Waals surface area contributed by atoms with Gasteiger partial charge in [-0.05, 0) is 43.9 Å². The first kappa shape index (κ1) is 12.9. The molecule has 4 heteroatoms. The van der Waals surface area contributed by atoms with Crippen molar-refractivity contribution >= 4 is 5.97 Å². The largest absolute Gasteiger partial charge is 0.496 e. The van der Waals surface area contributed by atoms with Crippen LogP contribution in [0.5, 0.6) is 5.75 Å². The summed E-state index contributed by atoms with van der Waals surface area (Å²) in [5.41, 5.74) is 1.48. The van der Waals surface area contributed by atoms with Gasteiger partial charge in [0.2, 0.25) is 0 Å². The molecular weight excluding hydrogens is 235 g/mol. The van der Waals surface area contributed by atoms with Crippen LogP contribution in [0.2, 0.25) is 0 Å². The van der Waals surface area contributed by atoms with E-state index in [1.54, 1.807) is 20.1 Å². The van der Waals surface area contributed by atoms with Crippen molar-refractivity contribution in [2.24, 2.45) is 5.92 Å². The van der Waals surface area contributed by atoms with E-state index in [4.69, 9.17) is 9.47 Å². The molecule has 0 aliphatic heterocycles. The lowest BCUT2D eigenvalue weighted by atomic mass is 9.83. The lowest BCUT2D eigenvalue weighted by molar-refractivity contribution is -0.148. The Kier molecular flexibility index (Phi) is 3.84. The Balaban J connectivity index is 2.26. The van der Waals surface area contributed by atoms with Gasteiger partial charge in [-0.15, -0.1) is 0 Å². The Morgan fingerprint density at radius 1 is 1.44 bits per heavy atom. The minimum absolute atomic E-state index is 0.231. The summed E-state index contributed by atoms with van der Waals surface area (Å²) in [5, 5.41) is 0. The van der Waals surface area contributed by atoms with E-state index >= 15 is 0 Å². The zero-order valence-corrected chi connectivity index (χ0v) is 10.7. The van der Waals surface area contributed by atoms with Gasteiger partial charge >= 0.3 is 5.97 Å². The van der Waals surface area contributed by atoms with Crippen LogP contribution >= 0.6 is 0 Å². The van der Waals surface area contributed by atoms with Crippen LogP contribution in [0.4, 0.5) is 4.39 Å². The lowest BCUT2D eigenvalue weighted by Crippen LogP contribution is -2.25. The monoisotopic (exact) mass is 252 g/mol. The third-order valence-corrected chi connectivity index (χ3v) is 3.36. The van der Waals surface area contributed by atoms with Crippen molar-refractivity contribution in [3.63, 3.8) is 0 Å². The van der Waals surface area contributed by atoms with Gasteiger partial charge in [0.25, 0.3) is 0 Å². The van der Waals surface area contributed by atoms with E-state index in [1.165, 1.54) is 6.07 Å². The summed E-state index contributed by atoms with van der Waals surface area (Å²) in [7, 11) is 1.57. The molecule has 1 atom stereocenters. The van der Waals surface area contributed by atoms with Crippen molar-refractivity contribution in [1.29, 1.82) is 0 Å². The Labute approximate surface area is 106 Å². The van der Waals surface area contributed by atoms with Gasteiger partial charge in [0.15, 0.2) is 0 Å². The fourth-order valence-electron chi connectivity index (χ4n) is 2.46. The molecular formula is C14H17FO3.